The van der Waals surface area contributed by atoms with E-state index >= 15 is 0 Å². The van der Waals surface area contributed by atoms with Gasteiger partial charge in [0.15, 0.2) is 0 Å². The first kappa shape index (κ1) is 21.1. The Labute approximate surface area is 162 Å². The van der Waals surface area contributed by atoms with Crippen molar-refractivity contribution in [3.05, 3.63) is 23.9 Å². The predicted octanol–water partition coefficient (Wildman–Crippen LogP) is 0.583. The van der Waals surface area contributed by atoms with Crippen LogP contribution < -0.4 is 16.0 Å². The molecule has 1 aliphatic rings. The number of carboxylic acids is 1. The Kier molecular flexibility index (Phi) is 6.22. The van der Waals surface area contributed by atoms with E-state index in [-0.39, 0.29) is 25.1 Å². The number of alkyl carbamates (subject to hydrolysis) is 1. The molecule has 0 saturated carbocycles. The highest BCUT2D eigenvalue weighted by Crippen LogP contribution is 2.31. The van der Waals surface area contributed by atoms with Crippen LogP contribution in [0.5, 0.6) is 0 Å². The van der Waals surface area contributed by atoms with Gasteiger partial charge in [-0.05, 0) is 38.8 Å². The first-order valence-corrected chi connectivity index (χ1v) is 8.77. The van der Waals surface area contributed by atoms with Gasteiger partial charge in [0.1, 0.15) is 23.5 Å². The molecule has 2 atom stereocenters. The van der Waals surface area contributed by atoms with Crippen molar-refractivity contribution in [3.8, 4) is 0 Å². The van der Waals surface area contributed by atoms with Crippen LogP contribution in [0.15, 0.2) is 18.3 Å². The maximum atomic E-state index is 13.1. The quantitative estimate of drug-likeness (QED) is 0.640. The second-order valence-electron chi connectivity index (χ2n) is 7.46. The summed E-state index contributed by atoms with van der Waals surface area (Å²) in [4.78, 5) is 53.3. The van der Waals surface area contributed by atoms with Crippen molar-refractivity contribution in [2.24, 2.45) is 5.73 Å². The van der Waals surface area contributed by atoms with E-state index < -0.39 is 41.6 Å². The third-order valence-electron chi connectivity index (χ3n) is 4.01. The first-order valence-electron chi connectivity index (χ1n) is 8.77. The minimum atomic E-state index is -1.20. The second kappa shape index (κ2) is 8.24. The van der Waals surface area contributed by atoms with Crippen LogP contribution in [0.2, 0.25) is 0 Å². The van der Waals surface area contributed by atoms with E-state index in [0.29, 0.717) is 5.56 Å². The van der Waals surface area contributed by atoms with Crippen LogP contribution in [-0.4, -0.2) is 51.7 Å². The average molecular weight is 392 g/mol. The van der Waals surface area contributed by atoms with E-state index in [4.69, 9.17) is 10.5 Å². The standard InChI is InChI=1S/C18H24N4O6/c1-18(2,3)28-17(27)21-11(6-7-13(19)23)15(24)22-12(16(25)26)9-10-5-4-8-20-14(10)22/h4-5,8,11-12H,6-7,9H2,1-3H3,(H2,19,23)(H,21,27)(H,25,26)/t11-,12-/m0/s1. The molecule has 0 spiro atoms. The molecule has 152 valence electrons. The van der Waals surface area contributed by atoms with Crippen LogP contribution in [0.1, 0.15) is 39.2 Å². The number of carbonyl (C=O) groups excluding carboxylic acids is 3. The lowest BCUT2D eigenvalue weighted by molar-refractivity contribution is -0.140. The Balaban J connectivity index is 2.30. The van der Waals surface area contributed by atoms with Crippen LogP contribution in [0.25, 0.3) is 0 Å². The summed E-state index contributed by atoms with van der Waals surface area (Å²) in [5.41, 5.74) is 4.97. The van der Waals surface area contributed by atoms with Crippen LogP contribution in [0, 0.1) is 0 Å². The number of nitrogens with one attached hydrogen (secondary N) is 1. The highest BCUT2D eigenvalue weighted by molar-refractivity contribution is 6.04. The maximum Gasteiger partial charge on any atom is 0.408 e. The van der Waals surface area contributed by atoms with Crippen molar-refractivity contribution in [2.75, 3.05) is 4.90 Å². The van der Waals surface area contributed by atoms with E-state index in [1.807, 2.05) is 0 Å². The van der Waals surface area contributed by atoms with Crippen molar-refractivity contribution in [3.63, 3.8) is 0 Å². The lowest BCUT2D eigenvalue weighted by atomic mass is 10.1. The van der Waals surface area contributed by atoms with Crippen LogP contribution in [-0.2, 0) is 25.5 Å². The number of primary amides is 1. The lowest BCUT2D eigenvalue weighted by Gasteiger charge is -2.28. The number of hydrogen-bond acceptors (Lipinski definition) is 6. The molecule has 3 amide bonds. The van der Waals surface area contributed by atoms with Crippen LogP contribution >= 0.6 is 0 Å². The zero-order valence-electron chi connectivity index (χ0n) is 16.0. The van der Waals surface area contributed by atoms with Gasteiger partial charge in [-0.25, -0.2) is 14.6 Å². The number of nitrogens with two attached hydrogens (primary N) is 1. The third kappa shape index (κ3) is 5.18. The van der Waals surface area contributed by atoms with Gasteiger partial charge in [0.2, 0.25) is 5.91 Å². The van der Waals surface area contributed by atoms with Gasteiger partial charge in [-0.3, -0.25) is 14.5 Å². The number of pyridine rings is 1. The summed E-state index contributed by atoms with van der Waals surface area (Å²) in [6, 6.07) is 0.978. The van der Waals surface area contributed by atoms with E-state index in [9.17, 15) is 24.3 Å². The molecule has 1 aromatic rings. The summed E-state index contributed by atoms with van der Waals surface area (Å²) < 4.78 is 5.16. The summed E-state index contributed by atoms with van der Waals surface area (Å²) in [6.07, 6.45) is 0.413. The van der Waals surface area contributed by atoms with Crippen LogP contribution in [0.4, 0.5) is 10.6 Å². The van der Waals surface area contributed by atoms with Crippen molar-refractivity contribution in [1.82, 2.24) is 10.3 Å². The molecular weight excluding hydrogens is 368 g/mol. The van der Waals surface area contributed by atoms with Gasteiger partial charge in [0.05, 0.1) is 0 Å². The molecule has 2 heterocycles. The Bertz CT molecular complexity index is 789. The molecule has 10 heteroatoms. The van der Waals surface area contributed by atoms with Crippen molar-refractivity contribution in [1.29, 1.82) is 0 Å². The van der Waals surface area contributed by atoms with Gasteiger partial charge >= 0.3 is 12.1 Å². The molecule has 1 aliphatic heterocycles. The molecule has 0 bridgehead atoms. The van der Waals surface area contributed by atoms with Gasteiger partial charge in [0.25, 0.3) is 5.91 Å². The molecule has 4 N–H and O–H groups in total. The zero-order chi connectivity index (χ0) is 21.1. The van der Waals surface area contributed by atoms with Crippen LogP contribution in [0.3, 0.4) is 0 Å². The largest absolute Gasteiger partial charge is 0.480 e. The fourth-order valence-electron chi connectivity index (χ4n) is 2.87. The normalized spacial score (nSPS) is 16.8. The number of carbonyl (C=O) groups is 4. The SMILES string of the molecule is CC(C)(C)OC(=O)N[C@@H](CCC(N)=O)C(=O)N1c2ncccc2C[C@H]1C(=O)O. The molecule has 28 heavy (non-hydrogen) atoms. The molecule has 0 saturated heterocycles. The zero-order valence-corrected chi connectivity index (χ0v) is 16.0. The number of aliphatic carboxylic acids is 1. The summed E-state index contributed by atoms with van der Waals surface area (Å²) in [5, 5.41) is 11.9. The summed E-state index contributed by atoms with van der Waals surface area (Å²) in [6.45, 7) is 4.98. The molecular formula is C18H24N4O6. The maximum absolute atomic E-state index is 13.1. The average Bonchev–Trinajstić information content (AvgIpc) is 2.96. The molecule has 0 aliphatic carbocycles. The number of aromatic nitrogens is 1. The fourth-order valence-corrected chi connectivity index (χ4v) is 2.87. The van der Waals surface area contributed by atoms with E-state index in [2.05, 4.69) is 10.3 Å². The number of anilines is 1. The number of fused-ring (bicyclic) bond motifs is 1. The summed E-state index contributed by atoms with van der Waals surface area (Å²) in [7, 11) is 0. The van der Waals surface area contributed by atoms with Crippen molar-refractivity contribution < 1.29 is 29.0 Å². The van der Waals surface area contributed by atoms with E-state index in [1.165, 1.54) is 6.20 Å². The van der Waals surface area contributed by atoms with Gasteiger partial charge in [0, 0.05) is 19.0 Å². The molecule has 0 unspecified atom stereocenters. The Morgan fingerprint density at radius 3 is 2.64 bits per heavy atom. The molecule has 0 fully saturated rings. The number of nitrogens with zero attached hydrogens (tertiary/aromatic N) is 2. The fraction of sp³-hybridized carbons (Fsp3) is 0.500. The highest BCUT2D eigenvalue weighted by atomic mass is 16.6. The predicted molar refractivity (Wildman–Crippen MR) is 98.4 cm³/mol. The van der Waals surface area contributed by atoms with Gasteiger partial charge in [-0.1, -0.05) is 6.07 Å². The Morgan fingerprint density at radius 2 is 2.07 bits per heavy atom. The number of hydrogen-bond donors (Lipinski definition) is 3. The van der Waals surface area contributed by atoms with Gasteiger partial charge in [-0.2, -0.15) is 0 Å². The number of rotatable bonds is 6. The monoisotopic (exact) mass is 392 g/mol. The highest BCUT2D eigenvalue weighted by Gasteiger charge is 2.42. The molecule has 0 radical (unpaired) electrons. The van der Waals surface area contributed by atoms with Gasteiger partial charge in [-0.15, -0.1) is 0 Å². The topological polar surface area (TPSA) is 152 Å². The van der Waals surface area contributed by atoms with Crippen molar-refractivity contribution >= 4 is 29.7 Å². The number of ether oxygens (including phenoxy) is 1. The number of carboxylic acid groups (broad SMARTS) is 1. The number of amides is 3. The smallest absolute Gasteiger partial charge is 0.408 e. The molecule has 1 aromatic heterocycles. The molecule has 10 nitrogen and oxygen atoms in total. The van der Waals surface area contributed by atoms with Gasteiger partial charge < -0.3 is 20.9 Å². The Hall–Kier alpha value is -3.17. The summed E-state index contributed by atoms with van der Waals surface area (Å²) in [5.74, 6) is -2.33. The minimum Gasteiger partial charge on any atom is -0.480 e. The minimum absolute atomic E-state index is 0.0965. The van der Waals surface area contributed by atoms with Crippen molar-refractivity contribution in [2.45, 2.75) is 57.7 Å². The lowest BCUT2D eigenvalue weighted by Crippen LogP contribution is -2.54. The second-order valence-corrected chi connectivity index (χ2v) is 7.46. The first-order chi connectivity index (χ1) is 13.0. The molecule has 0 aromatic carbocycles. The van der Waals surface area contributed by atoms with E-state index in [0.717, 1.165) is 4.90 Å². The Morgan fingerprint density at radius 1 is 1.39 bits per heavy atom. The van der Waals surface area contributed by atoms with E-state index in [1.54, 1.807) is 32.9 Å². The third-order valence-corrected chi connectivity index (χ3v) is 4.01. The molecule has 2 rings (SSSR count). The summed E-state index contributed by atoms with van der Waals surface area (Å²) >= 11 is 0.